The fraction of sp³-hybridized carbons (Fsp3) is 0.364. The Morgan fingerprint density at radius 1 is 0.931 bits per heavy atom. The molecule has 0 spiro atoms. The number of benzene rings is 2. The quantitative estimate of drug-likeness (QED) is 0.551. The van der Waals surface area contributed by atoms with Gasteiger partial charge in [0.2, 0.25) is 0 Å². The normalized spacial score (nSPS) is 10.2. The van der Waals surface area contributed by atoms with Crippen molar-refractivity contribution in [2.45, 2.75) is 20.3 Å². The summed E-state index contributed by atoms with van der Waals surface area (Å²) in [5.74, 6) is 1.97. The number of nitrogens with one attached hydrogen (secondary N) is 1. The molecule has 0 fully saturated rings. The van der Waals surface area contributed by atoms with Gasteiger partial charge in [-0.1, -0.05) is 6.07 Å². The van der Waals surface area contributed by atoms with E-state index >= 15 is 0 Å². The number of amides is 1. The lowest BCUT2D eigenvalue weighted by atomic mass is 10.1. The summed E-state index contributed by atoms with van der Waals surface area (Å²) in [5, 5.41) is 2.82. The van der Waals surface area contributed by atoms with Crippen molar-refractivity contribution in [2.75, 3.05) is 33.5 Å². The molecule has 7 nitrogen and oxygen atoms in total. The van der Waals surface area contributed by atoms with Crippen LogP contribution < -0.4 is 24.3 Å². The molecule has 0 radical (unpaired) electrons. The van der Waals surface area contributed by atoms with E-state index in [0.717, 1.165) is 11.8 Å². The number of carbonyl (C=O) groups excluding carboxylic acids is 2. The molecule has 156 valence electrons. The van der Waals surface area contributed by atoms with Crippen molar-refractivity contribution in [3.05, 3.63) is 47.5 Å². The third-order valence-corrected chi connectivity index (χ3v) is 4.03. The Morgan fingerprint density at radius 2 is 1.62 bits per heavy atom. The van der Waals surface area contributed by atoms with Gasteiger partial charge in [0.05, 0.1) is 20.3 Å². The number of ether oxygens (including phenoxy) is 4. The second kappa shape index (κ2) is 11.6. The van der Waals surface area contributed by atoms with Crippen molar-refractivity contribution >= 4 is 12.2 Å². The van der Waals surface area contributed by atoms with Gasteiger partial charge in [-0.15, -0.1) is 0 Å². The summed E-state index contributed by atoms with van der Waals surface area (Å²) < 4.78 is 21.8. The fourth-order valence-corrected chi connectivity index (χ4v) is 2.67. The number of methoxy groups -OCH3 is 1. The first-order chi connectivity index (χ1) is 14.1. The monoisotopic (exact) mass is 401 g/mol. The molecular weight excluding hydrogens is 374 g/mol. The van der Waals surface area contributed by atoms with Crippen LogP contribution in [-0.4, -0.2) is 45.7 Å². The largest absolute Gasteiger partial charge is 0.493 e. The summed E-state index contributed by atoms with van der Waals surface area (Å²) in [7, 11) is 1.48. The first-order valence-electron chi connectivity index (χ1n) is 9.52. The first-order valence-corrected chi connectivity index (χ1v) is 9.52. The Labute approximate surface area is 170 Å². The van der Waals surface area contributed by atoms with Crippen LogP contribution in [0.2, 0.25) is 0 Å². The molecule has 0 aliphatic heterocycles. The highest BCUT2D eigenvalue weighted by Gasteiger charge is 2.10. The molecule has 0 unspecified atom stereocenters. The lowest BCUT2D eigenvalue weighted by molar-refractivity contribution is -0.123. The second-order valence-electron chi connectivity index (χ2n) is 6.06. The van der Waals surface area contributed by atoms with Gasteiger partial charge in [-0.3, -0.25) is 9.59 Å². The van der Waals surface area contributed by atoms with Crippen LogP contribution in [0.4, 0.5) is 0 Å². The molecule has 7 heteroatoms. The van der Waals surface area contributed by atoms with E-state index in [1.807, 2.05) is 32.0 Å². The van der Waals surface area contributed by atoms with Crippen molar-refractivity contribution in [1.82, 2.24) is 5.32 Å². The van der Waals surface area contributed by atoms with Gasteiger partial charge in [0.15, 0.2) is 29.6 Å². The maximum absolute atomic E-state index is 12.1. The van der Waals surface area contributed by atoms with Gasteiger partial charge >= 0.3 is 0 Å². The lowest BCUT2D eigenvalue weighted by Gasteiger charge is -2.13. The first kappa shape index (κ1) is 22.1. The van der Waals surface area contributed by atoms with E-state index in [4.69, 9.17) is 18.9 Å². The maximum atomic E-state index is 12.1. The van der Waals surface area contributed by atoms with Crippen LogP contribution in [0.3, 0.4) is 0 Å². The summed E-state index contributed by atoms with van der Waals surface area (Å²) in [6.45, 7) is 5.28. The summed E-state index contributed by atoms with van der Waals surface area (Å²) >= 11 is 0. The third kappa shape index (κ3) is 6.71. The van der Waals surface area contributed by atoms with E-state index in [9.17, 15) is 9.59 Å². The van der Waals surface area contributed by atoms with Crippen molar-refractivity contribution < 1.29 is 28.5 Å². The summed E-state index contributed by atoms with van der Waals surface area (Å²) in [5.41, 5.74) is 1.50. The predicted octanol–water partition coefficient (Wildman–Crippen LogP) is 3.04. The Kier molecular flexibility index (Phi) is 8.82. The number of hydrogen-bond donors (Lipinski definition) is 1. The molecule has 0 aliphatic carbocycles. The molecule has 0 aliphatic rings. The highest BCUT2D eigenvalue weighted by atomic mass is 16.5. The Hall–Kier alpha value is -3.22. The molecule has 2 aromatic rings. The molecule has 0 bridgehead atoms. The third-order valence-electron chi connectivity index (χ3n) is 4.03. The van der Waals surface area contributed by atoms with E-state index in [1.165, 1.54) is 7.11 Å². The average molecular weight is 401 g/mol. The topological polar surface area (TPSA) is 83.1 Å². The Bertz CT molecular complexity index is 821. The van der Waals surface area contributed by atoms with Gasteiger partial charge in [0.25, 0.3) is 5.91 Å². The van der Waals surface area contributed by atoms with Gasteiger partial charge in [0.1, 0.15) is 6.29 Å². The van der Waals surface area contributed by atoms with Crippen LogP contribution in [0.25, 0.3) is 0 Å². The highest BCUT2D eigenvalue weighted by molar-refractivity contribution is 5.78. The molecule has 1 N–H and O–H groups in total. The number of carbonyl (C=O) groups is 2. The second-order valence-corrected chi connectivity index (χ2v) is 6.06. The van der Waals surface area contributed by atoms with E-state index < -0.39 is 0 Å². The van der Waals surface area contributed by atoms with Crippen molar-refractivity contribution in [1.29, 1.82) is 0 Å². The van der Waals surface area contributed by atoms with Crippen molar-refractivity contribution in [3.8, 4) is 23.0 Å². The van der Waals surface area contributed by atoms with Gasteiger partial charge in [-0.25, -0.2) is 0 Å². The smallest absolute Gasteiger partial charge is 0.257 e. The summed E-state index contributed by atoms with van der Waals surface area (Å²) in [4.78, 5) is 22.9. The molecule has 2 rings (SSSR count). The zero-order valence-corrected chi connectivity index (χ0v) is 17.0. The highest BCUT2D eigenvalue weighted by Crippen LogP contribution is 2.29. The van der Waals surface area contributed by atoms with E-state index in [2.05, 4.69) is 5.32 Å². The minimum atomic E-state index is -0.248. The van der Waals surface area contributed by atoms with Crippen LogP contribution in [0, 0.1) is 0 Å². The SMILES string of the molecule is CCOc1ccc(CCNC(=O)COc2ccc(C=O)cc2OC)cc1OCC. The van der Waals surface area contributed by atoms with Crippen LogP contribution in [-0.2, 0) is 11.2 Å². The number of hydrogen-bond acceptors (Lipinski definition) is 6. The van der Waals surface area contributed by atoms with Crippen LogP contribution in [0.15, 0.2) is 36.4 Å². The van der Waals surface area contributed by atoms with Crippen LogP contribution in [0.1, 0.15) is 29.8 Å². The standard InChI is InChI=1S/C22H27NO6/c1-4-27-19-8-6-16(12-21(19)28-5-2)10-11-23-22(25)15-29-18-9-7-17(14-24)13-20(18)26-3/h6-9,12-14H,4-5,10-11,15H2,1-3H3,(H,23,25). The summed E-state index contributed by atoms with van der Waals surface area (Å²) in [6, 6.07) is 10.5. The summed E-state index contributed by atoms with van der Waals surface area (Å²) in [6.07, 6.45) is 1.37. The molecule has 0 atom stereocenters. The van der Waals surface area contributed by atoms with Gasteiger partial charge in [0, 0.05) is 12.1 Å². The van der Waals surface area contributed by atoms with E-state index in [1.54, 1.807) is 18.2 Å². The Morgan fingerprint density at radius 3 is 2.31 bits per heavy atom. The molecule has 0 aromatic heterocycles. The molecule has 0 saturated carbocycles. The van der Waals surface area contributed by atoms with E-state index in [-0.39, 0.29) is 12.5 Å². The number of rotatable bonds is 12. The molecule has 1 amide bonds. The lowest BCUT2D eigenvalue weighted by Crippen LogP contribution is -2.30. The average Bonchev–Trinajstić information content (AvgIpc) is 2.74. The minimum Gasteiger partial charge on any atom is -0.493 e. The van der Waals surface area contributed by atoms with Gasteiger partial charge in [-0.2, -0.15) is 0 Å². The van der Waals surface area contributed by atoms with Gasteiger partial charge < -0.3 is 24.3 Å². The number of aldehydes is 1. The maximum Gasteiger partial charge on any atom is 0.257 e. The molecule has 0 heterocycles. The van der Waals surface area contributed by atoms with Crippen LogP contribution in [0.5, 0.6) is 23.0 Å². The predicted molar refractivity (Wildman–Crippen MR) is 109 cm³/mol. The van der Waals surface area contributed by atoms with Crippen molar-refractivity contribution in [3.63, 3.8) is 0 Å². The molecule has 2 aromatic carbocycles. The molecular formula is C22H27NO6. The fourth-order valence-electron chi connectivity index (χ4n) is 2.67. The minimum absolute atomic E-state index is 0.149. The Balaban J connectivity index is 1.84. The molecule has 0 saturated heterocycles. The zero-order valence-electron chi connectivity index (χ0n) is 17.0. The van der Waals surface area contributed by atoms with Crippen LogP contribution >= 0.6 is 0 Å². The van der Waals surface area contributed by atoms with Crippen molar-refractivity contribution in [2.24, 2.45) is 0 Å². The van der Waals surface area contributed by atoms with E-state index in [0.29, 0.717) is 54.7 Å². The zero-order chi connectivity index (χ0) is 21.1. The molecule has 29 heavy (non-hydrogen) atoms. The van der Waals surface area contributed by atoms with Gasteiger partial charge in [-0.05, 0) is 56.2 Å².